The highest BCUT2D eigenvalue weighted by molar-refractivity contribution is 6.17. The Morgan fingerprint density at radius 3 is 2.53 bits per heavy atom. The molecule has 94 valence electrons. The molecule has 0 atom stereocenters. The van der Waals surface area contributed by atoms with Crippen LogP contribution in [0.15, 0.2) is 24.3 Å². The van der Waals surface area contributed by atoms with Gasteiger partial charge in [-0.25, -0.2) is 0 Å². The van der Waals surface area contributed by atoms with E-state index in [1.165, 1.54) is 6.92 Å². The summed E-state index contributed by atoms with van der Waals surface area (Å²) in [5.41, 5.74) is 0.753. The van der Waals surface area contributed by atoms with Crippen LogP contribution in [0.25, 0.3) is 0 Å². The number of alkyl halides is 1. The molecule has 1 rings (SSSR count). The number of hydrogen-bond donors (Lipinski definition) is 1. The maximum absolute atomic E-state index is 10.8. The van der Waals surface area contributed by atoms with E-state index in [1.807, 2.05) is 0 Å². The molecule has 1 N–H and O–H groups in total. The van der Waals surface area contributed by atoms with Crippen LogP contribution >= 0.6 is 11.6 Å². The summed E-state index contributed by atoms with van der Waals surface area (Å²) >= 11 is 5.46. The smallest absolute Gasteiger partial charge is 0.221 e. The van der Waals surface area contributed by atoms with Crippen LogP contribution in [0.3, 0.4) is 0 Å². The number of carbonyl (C=O) groups is 1. The van der Waals surface area contributed by atoms with Gasteiger partial charge in [0.1, 0.15) is 12.4 Å². The summed E-state index contributed by atoms with van der Waals surface area (Å²) in [5.74, 6) is 1.15. The summed E-state index contributed by atoms with van der Waals surface area (Å²) in [6, 6.07) is 7.17. The van der Waals surface area contributed by atoms with Crippen molar-refractivity contribution in [1.82, 2.24) is 0 Å². The van der Waals surface area contributed by atoms with Gasteiger partial charge in [0.05, 0.1) is 13.2 Å². The Balaban J connectivity index is 2.28. The van der Waals surface area contributed by atoms with E-state index in [9.17, 15) is 4.79 Å². The number of rotatable bonds is 7. The lowest BCUT2D eigenvalue weighted by Crippen LogP contribution is -2.08. The summed E-state index contributed by atoms with van der Waals surface area (Å²) in [7, 11) is 0. The number of ether oxygens (including phenoxy) is 2. The molecule has 0 saturated carbocycles. The first kappa shape index (κ1) is 13.8. The second-order valence-corrected chi connectivity index (χ2v) is 3.73. The summed E-state index contributed by atoms with van der Waals surface area (Å²) in [4.78, 5) is 10.8. The van der Waals surface area contributed by atoms with Gasteiger partial charge in [0, 0.05) is 18.5 Å². The fraction of sp³-hybridized carbons (Fsp3) is 0.417. The van der Waals surface area contributed by atoms with Crippen LogP contribution < -0.4 is 10.1 Å². The van der Waals surface area contributed by atoms with Crippen LogP contribution in [0.1, 0.15) is 6.92 Å². The molecule has 1 aromatic rings. The molecule has 0 heterocycles. The van der Waals surface area contributed by atoms with Gasteiger partial charge in [-0.05, 0) is 24.3 Å². The van der Waals surface area contributed by atoms with E-state index in [2.05, 4.69) is 5.32 Å². The number of benzene rings is 1. The van der Waals surface area contributed by atoms with Crippen molar-refractivity contribution < 1.29 is 14.3 Å². The Kier molecular flexibility index (Phi) is 6.43. The fourth-order valence-corrected chi connectivity index (χ4v) is 1.32. The predicted octanol–water partition coefficient (Wildman–Crippen LogP) is 2.28. The van der Waals surface area contributed by atoms with Gasteiger partial charge in [-0.2, -0.15) is 0 Å². The molecule has 0 fully saturated rings. The minimum atomic E-state index is -0.0897. The molecule has 4 nitrogen and oxygen atoms in total. The van der Waals surface area contributed by atoms with Gasteiger partial charge in [-0.1, -0.05) is 0 Å². The highest BCUT2D eigenvalue weighted by atomic mass is 35.5. The minimum absolute atomic E-state index is 0.0897. The van der Waals surface area contributed by atoms with Gasteiger partial charge in [-0.3, -0.25) is 4.79 Å². The number of hydrogen-bond acceptors (Lipinski definition) is 3. The molecule has 1 aromatic carbocycles. The molecule has 0 aromatic heterocycles. The minimum Gasteiger partial charge on any atom is -0.491 e. The number of halogens is 1. The van der Waals surface area contributed by atoms with Gasteiger partial charge in [-0.15, -0.1) is 11.6 Å². The van der Waals surface area contributed by atoms with Crippen molar-refractivity contribution in [1.29, 1.82) is 0 Å². The highest BCUT2D eigenvalue weighted by Crippen LogP contribution is 2.15. The van der Waals surface area contributed by atoms with Gasteiger partial charge >= 0.3 is 0 Å². The second-order valence-electron chi connectivity index (χ2n) is 3.36. The summed E-state index contributed by atoms with van der Waals surface area (Å²) in [6.07, 6.45) is 0. The molecule has 0 spiro atoms. The quantitative estimate of drug-likeness (QED) is 0.602. The number of nitrogens with one attached hydrogen (secondary N) is 1. The van der Waals surface area contributed by atoms with E-state index < -0.39 is 0 Å². The van der Waals surface area contributed by atoms with Gasteiger partial charge in [0.15, 0.2) is 0 Å². The van der Waals surface area contributed by atoms with Crippen molar-refractivity contribution in [3.63, 3.8) is 0 Å². The SMILES string of the molecule is CC(=O)Nc1ccc(OCCOCCCl)cc1. The normalized spacial score (nSPS) is 10.0. The first-order valence-electron chi connectivity index (χ1n) is 5.36. The van der Waals surface area contributed by atoms with E-state index in [-0.39, 0.29) is 5.91 Å². The third-order valence-electron chi connectivity index (χ3n) is 1.89. The third kappa shape index (κ3) is 6.14. The third-order valence-corrected chi connectivity index (χ3v) is 2.05. The predicted molar refractivity (Wildman–Crippen MR) is 67.8 cm³/mol. The fourth-order valence-electron chi connectivity index (χ4n) is 1.21. The molecule has 0 unspecified atom stereocenters. The van der Waals surface area contributed by atoms with Gasteiger partial charge < -0.3 is 14.8 Å². The number of anilines is 1. The van der Waals surface area contributed by atoms with Crippen molar-refractivity contribution in [2.45, 2.75) is 6.92 Å². The van der Waals surface area contributed by atoms with Crippen molar-refractivity contribution >= 4 is 23.2 Å². The first-order valence-corrected chi connectivity index (χ1v) is 5.90. The molecular weight excluding hydrogens is 242 g/mol. The van der Waals surface area contributed by atoms with E-state index in [0.717, 1.165) is 11.4 Å². The van der Waals surface area contributed by atoms with Crippen molar-refractivity contribution in [2.24, 2.45) is 0 Å². The number of amides is 1. The Labute approximate surface area is 106 Å². The molecule has 0 saturated heterocycles. The van der Waals surface area contributed by atoms with E-state index in [1.54, 1.807) is 24.3 Å². The van der Waals surface area contributed by atoms with E-state index in [4.69, 9.17) is 21.1 Å². The van der Waals surface area contributed by atoms with Crippen LogP contribution in [0.4, 0.5) is 5.69 Å². The second kappa shape index (κ2) is 7.92. The monoisotopic (exact) mass is 257 g/mol. The summed E-state index contributed by atoms with van der Waals surface area (Å²) in [6.45, 7) is 3.00. The Hall–Kier alpha value is -1.26. The lowest BCUT2D eigenvalue weighted by atomic mass is 10.3. The van der Waals surface area contributed by atoms with Crippen LogP contribution in [-0.4, -0.2) is 31.6 Å². The van der Waals surface area contributed by atoms with Crippen molar-refractivity contribution in [2.75, 3.05) is 31.0 Å². The van der Waals surface area contributed by atoms with Crippen LogP contribution in [0, 0.1) is 0 Å². The lowest BCUT2D eigenvalue weighted by Gasteiger charge is -2.07. The summed E-state index contributed by atoms with van der Waals surface area (Å²) < 4.78 is 10.6. The Morgan fingerprint density at radius 2 is 1.94 bits per heavy atom. The van der Waals surface area contributed by atoms with Crippen LogP contribution in [0.2, 0.25) is 0 Å². The molecule has 0 aliphatic heterocycles. The van der Waals surface area contributed by atoms with Crippen LogP contribution in [0.5, 0.6) is 5.75 Å². The molecule has 0 radical (unpaired) electrons. The maximum atomic E-state index is 10.8. The first-order chi connectivity index (χ1) is 8.22. The Morgan fingerprint density at radius 1 is 1.24 bits per heavy atom. The van der Waals surface area contributed by atoms with Gasteiger partial charge in [0.2, 0.25) is 5.91 Å². The van der Waals surface area contributed by atoms with Crippen LogP contribution in [-0.2, 0) is 9.53 Å². The standard InChI is InChI=1S/C12H16ClNO3/c1-10(15)14-11-2-4-12(5-3-11)17-9-8-16-7-6-13/h2-5H,6-9H2,1H3,(H,14,15). The largest absolute Gasteiger partial charge is 0.491 e. The zero-order valence-electron chi connectivity index (χ0n) is 9.74. The molecule has 5 heteroatoms. The molecule has 17 heavy (non-hydrogen) atoms. The zero-order valence-corrected chi connectivity index (χ0v) is 10.5. The van der Waals surface area contributed by atoms with Gasteiger partial charge in [0.25, 0.3) is 0 Å². The Bertz CT molecular complexity index is 340. The average molecular weight is 258 g/mol. The molecule has 1 amide bonds. The van der Waals surface area contributed by atoms with Crippen molar-refractivity contribution in [3.05, 3.63) is 24.3 Å². The summed E-state index contributed by atoms with van der Waals surface area (Å²) in [5, 5.41) is 2.68. The van der Waals surface area contributed by atoms with Crippen molar-refractivity contribution in [3.8, 4) is 5.75 Å². The average Bonchev–Trinajstić information content (AvgIpc) is 2.30. The van der Waals surface area contributed by atoms with E-state index in [0.29, 0.717) is 25.7 Å². The number of carbonyl (C=O) groups excluding carboxylic acids is 1. The lowest BCUT2D eigenvalue weighted by molar-refractivity contribution is -0.114. The topological polar surface area (TPSA) is 47.6 Å². The molecular formula is C12H16ClNO3. The molecule has 0 aliphatic carbocycles. The highest BCUT2D eigenvalue weighted by Gasteiger charge is 1.97. The zero-order chi connectivity index (χ0) is 12.5. The maximum Gasteiger partial charge on any atom is 0.221 e. The molecule has 0 bridgehead atoms. The van der Waals surface area contributed by atoms with E-state index >= 15 is 0 Å². The molecule has 0 aliphatic rings.